The highest BCUT2D eigenvalue weighted by molar-refractivity contribution is 6.30. The number of hydrogen-bond donors (Lipinski definition) is 1. The van der Waals surface area contributed by atoms with Crippen LogP contribution in [0.4, 0.5) is 4.79 Å². The van der Waals surface area contributed by atoms with Crippen LogP contribution >= 0.6 is 11.6 Å². The molecule has 29 heavy (non-hydrogen) atoms. The van der Waals surface area contributed by atoms with Gasteiger partial charge in [-0.05, 0) is 53.2 Å². The van der Waals surface area contributed by atoms with Crippen LogP contribution in [0.15, 0.2) is 54.9 Å². The number of nitrogens with zero attached hydrogens (tertiary/aromatic N) is 5. The maximum absolute atomic E-state index is 13.1. The zero-order valence-corrected chi connectivity index (χ0v) is 16.2. The van der Waals surface area contributed by atoms with Gasteiger partial charge in [-0.25, -0.2) is 9.48 Å². The minimum absolute atomic E-state index is 0.111. The Morgan fingerprint density at radius 1 is 1.17 bits per heavy atom. The number of imide groups is 1. The van der Waals surface area contributed by atoms with Crippen LogP contribution in [-0.4, -0.2) is 50.2 Å². The molecule has 2 aromatic carbocycles. The molecule has 1 N–H and O–H groups in total. The third kappa shape index (κ3) is 3.64. The summed E-state index contributed by atoms with van der Waals surface area (Å²) in [6.07, 6.45) is 1.45. The van der Waals surface area contributed by atoms with Crippen LogP contribution in [0.3, 0.4) is 0 Å². The molecule has 4 rings (SSSR count). The first-order chi connectivity index (χ1) is 14.0. The van der Waals surface area contributed by atoms with Gasteiger partial charge < -0.3 is 10.1 Å². The Morgan fingerprint density at radius 3 is 2.76 bits per heavy atom. The average molecular weight is 413 g/mol. The van der Waals surface area contributed by atoms with Crippen LogP contribution in [0, 0.1) is 0 Å². The quantitative estimate of drug-likeness (QED) is 0.622. The molecular formula is C19H17ClN6O3. The molecule has 1 fully saturated rings. The van der Waals surface area contributed by atoms with Crippen LogP contribution in [0.1, 0.15) is 12.5 Å². The van der Waals surface area contributed by atoms with E-state index in [0.717, 1.165) is 4.90 Å². The van der Waals surface area contributed by atoms with Gasteiger partial charge in [0.05, 0.1) is 12.2 Å². The second kappa shape index (κ2) is 7.51. The van der Waals surface area contributed by atoms with Crippen molar-refractivity contribution in [1.82, 2.24) is 30.4 Å². The first-order valence-corrected chi connectivity index (χ1v) is 9.21. The van der Waals surface area contributed by atoms with E-state index in [9.17, 15) is 9.59 Å². The van der Waals surface area contributed by atoms with Gasteiger partial charge in [-0.1, -0.05) is 29.8 Å². The predicted molar refractivity (Wildman–Crippen MR) is 104 cm³/mol. The fourth-order valence-electron chi connectivity index (χ4n) is 3.15. The molecule has 1 aliphatic heterocycles. The molecule has 10 heteroatoms. The van der Waals surface area contributed by atoms with Crippen molar-refractivity contribution in [3.63, 3.8) is 0 Å². The van der Waals surface area contributed by atoms with E-state index in [1.54, 1.807) is 55.5 Å². The molecule has 0 saturated carbocycles. The van der Waals surface area contributed by atoms with Crippen molar-refractivity contribution >= 4 is 23.5 Å². The lowest BCUT2D eigenvalue weighted by Gasteiger charge is -2.22. The minimum Gasteiger partial charge on any atom is -0.492 e. The fourth-order valence-corrected chi connectivity index (χ4v) is 3.33. The maximum Gasteiger partial charge on any atom is 0.325 e. The van der Waals surface area contributed by atoms with Gasteiger partial charge in [-0.15, -0.1) is 5.10 Å². The van der Waals surface area contributed by atoms with Crippen LogP contribution in [-0.2, 0) is 10.3 Å². The Kier molecular flexibility index (Phi) is 4.89. The molecule has 148 valence electrons. The van der Waals surface area contributed by atoms with E-state index in [-0.39, 0.29) is 19.1 Å². The Labute approximate surface area is 171 Å². The zero-order valence-electron chi connectivity index (χ0n) is 15.4. The molecule has 2 heterocycles. The highest BCUT2D eigenvalue weighted by Crippen LogP contribution is 2.30. The molecule has 0 unspecified atom stereocenters. The van der Waals surface area contributed by atoms with Crippen molar-refractivity contribution in [2.75, 3.05) is 13.2 Å². The first kappa shape index (κ1) is 18.9. The van der Waals surface area contributed by atoms with E-state index >= 15 is 0 Å². The monoisotopic (exact) mass is 412 g/mol. The molecule has 9 nitrogen and oxygen atoms in total. The summed E-state index contributed by atoms with van der Waals surface area (Å²) in [6, 6.07) is 13.6. The minimum atomic E-state index is -1.20. The Hall–Kier alpha value is -3.46. The van der Waals surface area contributed by atoms with Gasteiger partial charge in [0.2, 0.25) is 0 Å². The van der Waals surface area contributed by atoms with E-state index < -0.39 is 11.6 Å². The largest absolute Gasteiger partial charge is 0.492 e. The van der Waals surface area contributed by atoms with Gasteiger partial charge in [0.15, 0.2) is 0 Å². The lowest BCUT2D eigenvalue weighted by molar-refractivity contribution is -0.131. The summed E-state index contributed by atoms with van der Waals surface area (Å²) in [5, 5.41) is 14.4. The average Bonchev–Trinajstić information content (AvgIpc) is 3.32. The van der Waals surface area contributed by atoms with Gasteiger partial charge in [0.1, 0.15) is 24.2 Å². The van der Waals surface area contributed by atoms with Gasteiger partial charge in [-0.2, -0.15) is 0 Å². The van der Waals surface area contributed by atoms with E-state index in [1.807, 2.05) is 0 Å². The Balaban J connectivity index is 1.49. The fraction of sp³-hybridized carbons (Fsp3) is 0.211. The van der Waals surface area contributed by atoms with Crippen LogP contribution in [0.25, 0.3) is 5.69 Å². The summed E-state index contributed by atoms with van der Waals surface area (Å²) in [5.74, 6) is 0.215. The van der Waals surface area contributed by atoms with E-state index in [4.69, 9.17) is 16.3 Å². The number of urea groups is 1. The number of tetrazole rings is 1. The second-order valence-electron chi connectivity index (χ2n) is 6.62. The number of halogens is 1. The van der Waals surface area contributed by atoms with E-state index in [1.165, 1.54) is 11.0 Å². The van der Waals surface area contributed by atoms with Gasteiger partial charge in [-0.3, -0.25) is 9.69 Å². The maximum atomic E-state index is 13.1. The van der Waals surface area contributed by atoms with Crippen LogP contribution < -0.4 is 10.1 Å². The second-order valence-corrected chi connectivity index (χ2v) is 7.06. The smallest absolute Gasteiger partial charge is 0.325 e. The molecule has 1 aromatic heterocycles. The Morgan fingerprint density at radius 2 is 2.00 bits per heavy atom. The van der Waals surface area contributed by atoms with Crippen molar-refractivity contribution in [3.05, 3.63) is 65.4 Å². The number of carbonyl (C=O) groups excluding carboxylic acids is 2. The number of nitrogens with one attached hydrogen (secondary N) is 1. The summed E-state index contributed by atoms with van der Waals surface area (Å²) < 4.78 is 7.08. The first-order valence-electron chi connectivity index (χ1n) is 8.84. The van der Waals surface area contributed by atoms with Crippen molar-refractivity contribution < 1.29 is 14.3 Å². The molecular weight excluding hydrogens is 396 g/mol. The lowest BCUT2D eigenvalue weighted by atomic mass is 9.91. The molecule has 1 saturated heterocycles. The van der Waals surface area contributed by atoms with E-state index in [0.29, 0.717) is 22.0 Å². The molecule has 0 spiro atoms. The van der Waals surface area contributed by atoms with Crippen LogP contribution in [0.2, 0.25) is 5.02 Å². The SMILES string of the molecule is C[C@@]1(c2cccc(-n3cnnn3)c2)NC(=O)N(CCOc2cccc(Cl)c2)C1=O. The molecule has 0 bridgehead atoms. The van der Waals surface area contributed by atoms with Gasteiger partial charge in [0, 0.05) is 5.02 Å². The lowest BCUT2D eigenvalue weighted by Crippen LogP contribution is -2.41. The third-order valence-corrected chi connectivity index (χ3v) is 4.93. The topological polar surface area (TPSA) is 102 Å². The van der Waals surface area contributed by atoms with Gasteiger partial charge in [0.25, 0.3) is 5.91 Å². The predicted octanol–water partition coefficient (Wildman–Crippen LogP) is 2.16. The Bertz CT molecular complexity index is 1060. The van der Waals surface area contributed by atoms with Gasteiger partial charge >= 0.3 is 6.03 Å². The summed E-state index contributed by atoms with van der Waals surface area (Å²) in [5.41, 5.74) is 0.109. The van der Waals surface area contributed by atoms with Crippen molar-refractivity contribution in [2.24, 2.45) is 0 Å². The number of carbonyl (C=O) groups is 2. The van der Waals surface area contributed by atoms with Crippen molar-refractivity contribution in [2.45, 2.75) is 12.5 Å². The number of benzene rings is 2. The van der Waals surface area contributed by atoms with E-state index in [2.05, 4.69) is 20.8 Å². The molecule has 0 aliphatic carbocycles. The molecule has 3 aromatic rings. The van der Waals surface area contributed by atoms with Crippen LogP contribution in [0.5, 0.6) is 5.75 Å². The molecule has 3 amide bonds. The summed E-state index contributed by atoms with van der Waals surface area (Å²) in [4.78, 5) is 26.7. The van der Waals surface area contributed by atoms with Crippen molar-refractivity contribution in [3.8, 4) is 11.4 Å². The number of aromatic nitrogens is 4. The number of amides is 3. The highest BCUT2D eigenvalue weighted by atomic mass is 35.5. The standard InChI is InChI=1S/C19H17ClN6O3/c1-19(13-4-2-6-15(10-13)26-12-21-23-24-26)17(27)25(18(28)22-19)8-9-29-16-7-3-5-14(20)11-16/h2-7,10-12H,8-9H2,1H3,(H,22,28)/t19-/m0/s1. The molecule has 1 atom stereocenters. The summed E-state index contributed by atoms with van der Waals surface area (Å²) in [7, 11) is 0. The summed E-state index contributed by atoms with van der Waals surface area (Å²) in [6.45, 7) is 1.93. The van der Waals surface area contributed by atoms with Crippen molar-refractivity contribution in [1.29, 1.82) is 0 Å². The summed E-state index contributed by atoms with van der Waals surface area (Å²) >= 11 is 5.93. The zero-order chi connectivity index (χ0) is 20.4. The third-order valence-electron chi connectivity index (χ3n) is 4.69. The normalized spacial score (nSPS) is 18.8. The highest BCUT2D eigenvalue weighted by Gasteiger charge is 2.48. The molecule has 1 aliphatic rings. The molecule has 0 radical (unpaired) electrons. The number of rotatable bonds is 6. The number of ether oxygens (including phenoxy) is 1. The number of hydrogen-bond acceptors (Lipinski definition) is 6.